The second-order valence-electron chi connectivity index (χ2n) is 3.08. The number of hydrogen-bond acceptors (Lipinski definition) is 1. The third-order valence-electron chi connectivity index (χ3n) is 2.13. The van der Waals surface area contributed by atoms with Crippen LogP contribution in [0, 0.1) is 0 Å². The number of aromatic nitrogens is 1. The first kappa shape index (κ1) is 10.2. The number of nitrogens with two attached hydrogens (primary N) is 1. The molecule has 0 aliphatic carbocycles. The van der Waals surface area contributed by atoms with E-state index in [9.17, 15) is 13.2 Å². The largest absolute Gasteiger partial charge is 0.417 e. The van der Waals surface area contributed by atoms with Gasteiger partial charge in [0.1, 0.15) is 0 Å². The average Bonchev–Trinajstić information content (AvgIpc) is 2.47. The molecule has 2 nitrogen and oxygen atoms in total. The van der Waals surface area contributed by atoms with Crippen LogP contribution in [-0.4, -0.2) is 4.68 Å². The standard InChI is InChI=1S/C9H6ClF3N2/c10-7-2-1-6(9(11,12)13)5-3-4-15(14)8(5)7/h1-4H,14H2. The molecule has 0 atom stereocenters. The minimum Gasteiger partial charge on any atom is -0.339 e. The summed E-state index contributed by atoms with van der Waals surface area (Å²) in [5, 5.41) is 0.211. The molecule has 1 aromatic carbocycles. The highest BCUT2D eigenvalue weighted by molar-refractivity contribution is 6.35. The SMILES string of the molecule is Nn1ccc2c(C(F)(F)F)ccc(Cl)c21. The van der Waals surface area contributed by atoms with E-state index in [1.807, 2.05) is 0 Å². The predicted octanol–water partition coefficient (Wildman–Crippen LogP) is 3.03. The molecule has 6 heteroatoms. The molecule has 0 unspecified atom stereocenters. The quantitative estimate of drug-likeness (QED) is 0.698. The number of rotatable bonds is 0. The predicted molar refractivity (Wildman–Crippen MR) is 52.1 cm³/mol. The van der Waals surface area contributed by atoms with E-state index >= 15 is 0 Å². The molecule has 2 aromatic rings. The first-order chi connectivity index (χ1) is 6.91. The fraction of sp³-hybridized carbons (Fsp3) is 0.111. The van der Waals surface area contributed by atoms with Gasteiger partial charge in [-0.25, -0.2) is 0 Å². The summed E-state index contributed by atoms with van der Waals surface area (Å²) < 4.78 is 38.8. The van der Waals surface area contributed by atoms with Crippen LogP contribution in [0.15, 0.2) is 24.4 Å². The normalized spacial score (nSPS) is 12.3. The Bertz CT molecular complexity index is 516. The summed E-state index contributed by atoms with van der Waals surface area (Å²) >= 11 is 5.76. The summed E-state index contributed by atoms with van der Waals surface area (Å²) in [6.07, 6.45) is -3.06. The second-order valence-corrected chi connectivity index (χ2v) is 3.49. The zero-order chi connectivity index (χ0) is 11.2. The maximum absolute atomic E-state index is 12.6. The van der Waals surface area contributed by atoms with Crippen molar-refractivity contribution in [2.75, 3.05) is 5.84 Å². The fourth-order valence-corrected chi connectivity index (χ4v) is 1.75. The van der Waals surface area contributed by atoms with Gasteiger partial charge in [0.05, 0.1) is 16.1 Å². The number of hydrogen-bond donors (Lipinski definition) is 1. The van der Waals surface area contributed by atoms with Gasteiger partial charge in [-0.3, -0.25) is 4.68 Å². The number of fused-ring (bicyclic) bond motifs is 1. The third-order valence-corrected chi connectivity index (χ3v) is 2.44. The summed E-state index contributed by atoms with van der Waals surface area (Å²) in [5.74, 6) is 5.45. The Morgan fingerprint density at radius 3 is 2.47 bits per heavy atom. The molecule has 0 aliphatic heterocycles. The van der Waals surface area contributed by atoms with E-state index in [2.05, 4.69) is 0 Å². The number of nitrogen functional groups attached to an aromatic ring is 1. The maximum atomic E-state index is 12.6. The topological polar surface area (TPSA) is 30.9 Å². The van der Waals surface area contributed by atoms with Crippen molar-refractivity contribution in [3.63, 3.8) is 0 Å². The molecule has 0 fully saturated rings. The smallest absolute Gasteiger partial charge is 0.339 e. The van der Waals surface area contributed by atoms with Crippen molar-refractivity contribution in [3.8, 4) is 0 Å². The molecule has 0 amide bonds. The average molecular weight is 235 g/mol. The van der Waals surface area contributed by atoms with Crippen LogP contribution in [0.25, 0.3) is 10.9 Å². The van der Waals surface area contributed by atoms with Gasteiger partial charge in [0.2, 0.25) is 0 Å². The van der Waals surface area contributed by atoms with E-state index in [1.54, 1.807) is 0 Å². The second kappa shape index (κ2) is 3.06. The number of benzene rings is 1. The number of nitrogens with zero attached hydrogens (tertiary/aromatic N) is 1. The Labute approximate surface area is 88.0 Å². The molecule has 0 spiro atoms. The zero-order valence-electron chi connectivity index (χ0n) is 7.35. The van der Waals surface area contributed by atoms with Gasteiger partial charge in [-0.1, -0.05) is 11.6 Å². The van der Waals surface area contributed by atoms with Crippen LogP contribution in [-0.2, 0) is 6.18 Å². The zero-order valence-corrected chi connectivity index (χ0v) is 8.10. The molecular formula is C9H6ClF3N2. The van der Waals surface area contributed by atoms with Crippen LogP contribution >= 0.6 is 11.6 Å². The number of halogens is 4. The van der Waals surface area contributed by atoms with Crippen molar-refractivity contribution < 1.29 is 13.2 Å². The van der Waals surface area contributed by atoms with E-state index in [4.69, 9.17) is 17.4 Å². The van der Waals surface area contributed by atoms with E-state index in [0.29, 0.717) is 0 Å². The van der Waals surface area contributed by atoms with Gasteiger partial charge in [0, 0.05) is 11.6 Å². The van der Waals surface area contributed by atoms with Crippen LogP contribution in [0.1, 0.15) is 5.56 Å². The summed E-state index contributed by atoms with van der Waals surface area (Å²) in [6, 6.07) is 3.44. The molecule has 2 N–H and O–H groups in total. The Balaban J connectivity index is 2.85. The number of alkyl halides is 3. The lowest BCUT2D eigenvalue weighted by atomic mass is 10.1. The maximum Gasteiger partial charge on any atom is 0.417 e. The van der Waals surface area contributed by atoms with E-state index in [0.717, 1.165) is 10.7 Å². The lowest BCUT2D eigenvalue weighted by molar-refractivity contribution is -0.136. The monoisotopic (exact) mass is 234 g/mol. The Kier molecular flexibility index (Phi) is 2.08. The van der Waals surface area contributed by atoms with E-state index in [-0.39, 0.29) is 15.9 Å². The molecule has 2 rings (SSSR count). The van der Waals surface area contributed by atoms with Crippen molar-refractivity contribution in [3.05, 3.63) is 35.0 Å². The minimum atomic E-state index is -4.40. The molecule has 0 aliphatic rings. The molecule has 80 valence electrons. The summed E-state index contributed by atoms with van der Waals surface area (Å²) in [7, 11) is 0. The van der Waals surface area contributed by atoms with Crippen molar-refractivity contribution in [1.82, 2.24) is 4.68 Å². The van der Waals surface area contributed by atoms with Gasteiger partial charge in [-0.2, -0.15) is 13.2 Å². The minimum absolute atomic E-state index is 0.0116. The first-order valence-corrected chi connectivity index (χ1v) is 4.41. The molecule has 0 saturated carbocycles. The molecule has 0 bridgehead atoms. The van der Waals surface area contributed by atoms with Crippen LogP contribution in [0.5, 0.6) is 0 Å². The molecule has 0 saturated heterocycles. The van der Waals surface area contributed by atoms with Gasteiger partial charge in [-0.05, 0) is 18.2 Å². The van der Waals surface area contributed by atoms with E-state index in [1.165, 1.54) is 18.3 Å². The Morgan fingerprint density at radius 1 is 1.20 bits per heavy atom. The van der Waals surface area contributed by atoms with Crippen LogP contribution in [0.2, 0.25) is 5.02 Å². The highest BCUT2D eigenvalue weighted by Gasteiger charge is 2.33. The third kappa shape index (κ3) is 1.52. The lowest BCUT2D eigenvalue weighted by Crippen LogP contribution is -2.08. The van der Waals surface area contributed by atoms with Crippen molar-refractivity contribution in [2.24, 2.45) is 0 Å². The van der Waals surface area contributed by atoms with E-state index < -0.39 is 11.7 Å². The van der Waals surface area contributed by atoms with Gasteiger partial charge in [0.15, 0.2) is 0 Å². The van der Waals surface area contributed by atoms with Crippen LogP contribution in [0.3, 0.4) is 0 Å². The summed E-state index contributed by atoms with van der Waals surface area (Å²) in [6.45, 7) is 0. The van der Waals surface area contributed by atoms with Crippen molar-refractivity contribution in [1.29, 1.82) is 0 Å². The molecule has 1 heterocycles. The van der Waals surface area contributed by atoms with Crippen LogP contribution < -0.4 is 5.84 Å². The van der Waals surface area contributed by atoms with Crippen molar-refractivity contribution >= 4 is 22.5 Å². The van der Waals surface area contributed by atoms with Crippen molar-refractivity contribution in [2.45, 2.75) is 6.18 Å². The van der Waals surface area contributed by atoms with Gasteiger partial charge in [0.25, 0.3) is 0 Å². The summed E-state index contributed by atoms with van der Waals surface area (Å²) in [4.78, 5) is 0. The van der Waals surface area contributed by atoms with Crippen LogP contribution in [0.4, 0.5) is 13.2 Å². The highest BCUT2D eigenvalue weighted by atomic mass is 35.5. The molecule has 0 radical (unpaired) electrons. The highest BCUT2D eigenvalue weighted by Crippen LogP contribution is 2.37. The van der Waals surface area contributed by atoms with Gasteiger partial charge < -0.3 is 5.84 Å². The van der Waals surface area contributed by atoms with Gasteiger partial charge in [-0.15, -0.1) is 0 Å². The Hall–Kier alpha value is -1.36. The first-order valence-electron chi connectivity index (χ1n) is 4.03. The summed E-state index contributed by atoms with van der Waals surface area (Å²) in [5.41, 5.74) is -0.544. The molecule has 15 heavy (non-hydrogen) atoms. The molecular weight excluding hydrogens is 229 g/mol. The molecule has 1 aromatic heterocycles. The lowest BCUT2D eigenvalue weighted by Gasteiger charge is -2.09. The Morgan fingerprint density at radius 2 is 1.87 bits per heavy atom. The van der Waals surface area contributed by atoms with Gasteiger partial charge >= 0.3 is 6.18 Å². The fourth-order valence-electron chi connectivity index (χ4n) is 1.49.